The maximum Gasteiger partial charge on any atom is 0.263 e. The summed E-state index contributed by atoms with van der Waals surface area (Å²) in [4.78, 5) is 22.4. The summed E-state index contributed by atoms with van der Waals surface area (Å²) in [6, 6.07) is 5.93. The van der Waals surface area contributed by atoms with E-state index in [0.717, 1.165) is 46.1 Å². The molecule has 4 nitrogen and oxygen atoms in total. The van der Waals surface area contributed by atoms with E-state index in [1.165, 1.54) is 28.0 Å². The number of nitrogens with one attached hydrogen (secondary N) is 1. The van der Waals surface area contributed by atoms with Crippen LogP contribution in [0.25, 0.3) is 11.1 Å². The Hall–Kier alpha value is -2.50. The van der Waals surface area contributed by atoms with E-state index in [4.69, 9.17) is 11.6 Å². The number of hydrogen-bond acceptors (Lipinski definition) is 4. The van der Waals surface area contributed by atoms with E-state index in [9.17, 15) is 4.79 Å². The number of aromatic nitrogens is 1. The number of rotatable bonds is 10. The zero-order valence-corrected chi connectivity index (χ0v) is 22.0. The molecule has 2 rings (SSSR count). The maximum absolute atomic E-state index is 12.8. The van der Waals surface area contributed by atoms with Crippen LogP contribution in [0.4, 0.5) is 0 Å². The van der Waals surface area contributed by atoms with Gasteiger partial charge < -0.3 is 5.32 Å². The second kappa shape index (κ2) is 13.3. The van der Waals surface area contributed by atoms with Crippen molar-refractivity contribution >= 4 is 46.2 Å². The zero-order chi connectivity index (χ0) is 24.4. The van der Waals surface area contributed by atoms with Crippen molar-refractivity contribution in [3.05, 3.63) is 73.9 Å². The Morgan fingerprint density at radius 2 is 2.00 bits per heavy atom. The first kappa shape index (κ1) is 26.7. The molecule has 1 amide bonds. The summed E-state index contributed by atoms with van der Waals surface area (Å²) in [5, 5.41) is 4.59. The Bertz CT molecular complexity index is 1090. The third-order valence-corrected chi connectivity index (χ3v) is 6.81. The lowest BCUT2D eigenvalue weighted by Crippen LogP contribution is -2.24. The van der Waals surface area contributed by atoms with Crippen molar-refractivity contribution in [3.8, 4) is 0 Å². The van der Waals surface area contributed by atoms with Crippen LogP contribution in [0, 0.1) is 13.8 Å². The molecule has 0 saturated carbocycles. The van der Waals surface area contributed by atoms with Crippen LogP contribution in [-0.4, -0.2) is 23.7 Å². The second-order valence-corrected chi connectivity index (χ2v) is 9.45. The maximum atomic E-state index is 12.8. The summed E-state index contributed by atoms with van der Waals surface area (Å²) >= 11 is 7.61. The number of aliphatic imine (C=N–C) groups is 1. The average Bonchev–Trinajstić information content (AvgIpc) is 3.19. The molecule has 0 spiro atoms. The molecule has 1 aromatic heterocycles. The molecule has 0 aliphatic heterocycles. The largest absolute Gasteiger partial charge is 0.351 e. The first-order valence-corrected chi connectivity index (χ1v) is 12.5. The standard InChI is InChI=1S/C27H34ClN3OS/c1-7-9-22(24-16-23(28)11-10-19(24)4)13-15-30-26(32)25-21(6)31-27(33-25)20(5)17-29-14-12-18(3)8-2/h9-12,14,16-17H,7-8,13,15H2,1-6H3,(H,30,32)/b18-12-,20-17+,22-9-,29-14-. The van der Waals surface area contributed by atoms with Crippen LogP contribution < -0.4 is 5.32 Å². The third kappa shape index (κ3) is 8.09. The lowest BCUT2D eigenvalue weighted by atomic mass is 9.97. The van der Waals surface area contributed by atoms with Gasteiger partial charge >= 0.3 is 0 Å². The Labute approximate surface area is 207 Å². The second-order valence-electron chi connectivity index (χ2n) is 8.01. The summed E-state index contributed by atoms with van der Waals surface area (Å²) in [7, 11) is 0. The Morgan fingerprint density at radius 3 is 2.70 bits per heavy atom. The predicted octanol–water partition coefficient (Wildman–Crippen LogP) is 7.81. The minimum absolute atomic E-state index is 0.0901. The number of thiazole rings is 1. The smallest absolute Gasteiger partial charge is 0.263 e. The fourth-order valence-electron chi connectivity index (χ4n) is 3.20. The lowest BCUT2D eigenvalue weighted by Gasteiger charge is -2.12. The van der Waals surface area contributed by atoms with Crippen molar-refractivity contribution in [2.45, 2.75) is 60.8 Å². The first-order valence-electron chi connectivity index (χ1n) is 11.3. The molecule has 0 atom stereocenters. The van der Waals surface area contributed by atoms with Gasteiger partial charge in [-0.05, 0) is 81.9 Å². The van der Waals surface area contributed by atoms with Crippen LogP contribution in [-0.2, 0) is 0 Å². The summed E-state index contributed by atoms with van der Waals surface area (Å²) in [6.07, 6.45) is 10.5. The molecule has 0 aliphatic rings. The molecular formula is C27H34ClN3OS. The van der Waals surface area contributed by atoms with Gasteiger partial charge in [-0.15, -0.1) is 11.3 Å². The Kier molecular flexibility index (Phi) is 10.8. The van der Waals surface area contributed by atoms with Gasteiger partial charge in [-0.1, -0.05) is 43.2 Å². The molecule has 0 fully saturated rings. The Balaban J connectivity index is 2.05. The van der Waals surface area contributed by atoms with Gasteiger partial charge in [-0.25, -0.2) is 4.98 Å². The van der Waals surface area contributed by atoms with E-state index in [1.807, 2.05) is 38.1 Å². The molecule has 1 N–H and O–H groups in total. The summed E-state index contributed by atoms with van der Waals surface area (Å²) in [6.45, 7) is 12.8. The van der Waals surface area contributed by atoms with Crippen LogP contribution in [0.5, 0.6) is 0 Å². The summed E-state index contributed by atoms with van der Waals surface area (Å²) in [5.41, 5.74) is 6.46. The van der Waals surface area contributed by atoms with Crippen LogP contribution in [0.15, 0.2) is 47.1 Å². The van der Waals surface area contributed by atoms with E-state index in [2.05, 4.69) is 49.1 Å². The molecule has 33 heavy (non-hydrogen) atoms. The molecule has 2 aromatic rings. The van der Waals surface area contributed by atoms with Crippen LogP contribution in [0.2, 0.25) is 5.02 Å². The number of carbonyl (C=O) groups is 1. The number of halogens is 1. The lowest BCUT2D eigenvalue weighted by molar-refractivity contribution is 0.0958. The first-order chi connectivity index (χ1) is 15.8. The summed E-state index contributed by atoms with van der Waals surface area (Å²) < 4.78 is 0. The van der Waals surface area contributed by atoms with Crippen LogP contribution in [0.1, 0.15) is 78.5 Å². The molecule has 0 radical (unpaired) electrons. The number of allylic oxidation sites excluding steroid dienone is 4. The third-order valence-electron chi connectivity index (χ3n) is 5.29. The fraction of sp³-hybridized carbons (Fsp3) is 0.370. The molecule has 0 saturated heterocycles. The van der Waals surface area contributed by atoms with E-state index >= 15 is 0 Å². The number of carbonyl (C=O) groups excluding carboxylic acids is 1. The van der Waals surface area contributed by atoms with Crippen molar-refractivity contribution in [1.82, 2.24) is 10.3 Å². The van der Waals surface area contributed by atoms with Gasteiger partial charge in [-0.2, -0.15) is 0 Å². The zero-order valence-electron chi connectivity index (χ0n) is 20.5. The molecular weight excluding hydrogens is 450 g/mol. The van der Waals surface area contributed by atoms with E-state index in [1.54, 1.807) is 12.4 Å². The van der Waals surface area contributed by atoms with Gasteiger partial charge in [0.15, 0.2) is 0 Å². The Morgan fingerprint density at radius 1 is 1.24 bits per heavy atom. The van der Waals surface area contributed by atoms with Crippen LogP contribution >= 0.6 is 22.9 Å². The van der Waals surface area contributed by atoms with Gasteiger partial charge in [0.05, 0.1) is 5.69 Å². The molecule has 0 bridgehead atoms. The molecule has 0 unspecified atom stereocenters. The monoisotopic (exact) mass is 483 g/mol. The highest BCUT2D eigenvalue weighted by atomic mass is 35.5. The molecule has 6 heteroatoms. The van der Waals surface area contributed by atoms with E-state index in [0.29, 0.717) is 11.4 Å². The number of hydrogen-bond donors (Lipinski definition) is 1. The van der Waals surface area contributed by atoms with Gasteiger partial charge in [0.1, 0.15) is 9.88 Å². The normalized spacial score (nSPS) is 13.1. The number of benzene rings is 1. The highest BCUT2D eigenvalue weighted by Gasteiger charge is 2.16. The predicted molar refractivity (Wildman–Crippen MR) is 144 cm³/mol. The minimum atomic E-state index is -0.0901. The van der Waals surface area contributed by atoms with Crippen molar-refractivity contribution < 1.29 is 4.79 Å². The molecule has 176 valence electrons. The topological polar surface area (TPSA) is 54.4 Å². The van der Waals surface area contributed by atoms with Crippen molar-refractivity contribution in [1.29, 1.82) is 0 Å². The average molecular weight is 484 g/mol. The van der Waals surface area contributed by atoms with Gasteiger partial charge in [0, 0.05) is 29.6 Å². The quantitative estimate of drug-likeness (QED) is 0.350. The minimum Gasteiger partial charge on any atom is -0.351 e. The van der Waals surface area contributed by atoms with E-state index < -0.39 is 0 Å². The number of nitrogens with zero attached hydrogens (tertiary/aromatic N) is 2. The van der Waals surface area contributed by atoms with Gasteiger partial charge in [-0.3, -0.25) is 9.79 Å². The SMILES string of the molecule is CC/C=C(/CCNC(=O)c1sc(/C(C)=C/N=C\C=C(\C)CC)nc1C)c1cc(Cl)ccc1C. The molecule has 1 aromatic carbocycles. The van der Waals surface area contributed by atoms with Gasteiger partial charge in [0.25, 0.3) is 5.91 Å². The number of aryl methyl sites for hydroxylation is 2. The number of amides is 1. The van der Waals surface area contributed by atoms with Gasteiger partial charge in [0.2, 0.25) is 0 Å². The molecule has 1 heterocycles. The van der Waals surface area contributed by atoms with Crippen molar-refractivity contribution in [2.24, 2.45) is 4.99 Å². The fourth-order valence-corrected chi connectivity index (χ4v) is 4.32. The van der Waals surface area contributed by atoms with Crippen LogP contribution in [0.3, 0.4) is 0 Å². The van der Waals surface area contributed by atoms with Crippen molar-refractivity contribution in [3.63, 3.8) is 0 Å². The summed E-state index contributed by atoms with van der Waals surface area (Å²) in [5.74, 6) is -0.0901. The highest BCUT2D eigenvalue weighted by Crippen LogP contribution is 2.27. The molecule has 0 aliphatic carbocycles. The highest BCUT2D eigenvalue weighted by molar-refractivity contribution is 7.14. The van der Waals surface area contributed by atoms with Crippen molar-refractivity contribution in [2.75, 3.05) is 6.54 Å². The van der Waals surface area contributed by atoms with E-state index in [-0.39, 0.29) is 5.91 Å².